The van der Waals surface area contributed by atoms with E-state index in [1.54, 1.807) is 6.92 Å². The number of nitrogens with two attached hydrogens (primary N) is 1. The molecule has 0 bridgehead atoms. The van der Waals surface area contributed by atoms with Crippen molar-refractivity contribution in [1.82, 2.24) is 10.2 Å². The van der Waals surface area contributed by atoms with Crippen molar-refractivity contribution in [3.63, 3.8) is 0 Å². The molecule has 0 aromatic carbocycles. The number of ketones is 1. The standard InChI is InChI=1S/C24H40N2O8.C2H6.CH5N/c1-19(27)5-6-20(2)33-13-10-24(3,4)34-18-17-32-16-15-31-14-11-25-21(28)9-12-26-22(29)7-8-23(26)30;2*1-2/h7-8,20H,5-6,9-18H2,1-4H3,(H,25,28);1-2H3;2H2,1H3. The highest BCUT2D eigenvalue weighted by atomic mass is 16.6. The maximum Gasteiger partial charge on any atom is 0.253 e. The summed E-state index contributed by atoms with van der Waals surface area (Å²) < 4.78 is 22.5. The molecule has 11 heteroatoms. The molecular weight excluding hydrogens is 494 g/mol. The van der Waals surface area contributed by atoms with Crippen LogP contribution in [0.4, 0.5) is 0 Å². The number of nitrogens with zero attached hydrogens (tertiary/aromatic N) is 1. The molecule has 0 spiro atoms. The molecule has 3 N–H and O–H groups in total. The molecule has 38 heavy (non-hydrogen) atoms. The van der Waals surface area contributed by atoms with E-state index in [4.69, 9.17) is 18.9 Å². The molecule has 222 valence electrons. The van der Waals surface area contributed by atoms with Crippen LogP contribution < -0.4 is 11.1 Å². The van der Waals surface area contributed by atoms with Gasteiger partial charge in [0.05, 0.1) is 44.7 Å². The van der Waals surface area contributed by atoms with E-state index in [1.165, 1.54) is 19.2 Å². The largest absolute Gasteiger partial charge is 0.378 e. The van der Waals surface area contributed by atoms with Crippen LogP contribution in [0.1, 0.15) is 67.2 Å². The Balaban J connectivity index is 0. The summed E-state index contributed by atoms with van der Waals surface area (Å²) in [6.45, 7) is 14.6. The van der Waals surface area contributed by atoms with Crippen molar-refractivity contribution >= 4 is 23.5 Å². The Kier molecular flexibility index (Phi) is 23.9. The Morgan fingerprint density at radius 2 is 1.50 bits per heavy atom. The molecule has 0 aliphatic carbocycles. The molecule has 1 unspecified atom stereocenters. The van der Waals surface area contributed by atoms with E-state index >= 15 is 0 Å². The first-order valence-electron chi connectivity index (χ1n) is 13.4. The molecule has 11 nitrogen and oxygen atoms in total. The van der Waals surface area contributed by atoms with Crippen molar-refractivity contribution < 1.29 is 38.1 Å². The van der Waals surface area contributed by atoms with E-state index in [1.807, 2.05) is 34.6 Å². The van der Waals surface area contributed by atoms with Gasteiger partial charge in [0.2, 0.25) is 5.91 Å². The summed E-state index contributed by atoms with van der Waals surface area (Å²) in [5, 5.41) is 2.68. The Labute approximate surface area is 228 Å². The van der Waals surface area contributed by atoms with Gasteiger partial charge < -0.3 is 34.8 Å². The van der Waals surface area contributed by atoms with Crippen molar-refractivity contribution in [3.8, 4) is 0 Å². The minimum absolute atomic E-state index is 0.0557. The Hall–Kier alpha value is -2.18. The van der Waals surface area contributed by atoms with Gasteiger partial charge in [-0.1, -0.05) is 13.8 Å². The van der Waals surface area contributed by atoms with E-state index in [0.29, 0.717) is 52.6 Å². The molecule has 1 heterocycles. The second-order valence-corrected chi connectivity index (χ2v) is 8.77. The van der Waals surface area contributed by atoms with Gasteiger partial charge in [-0.15, -0.1) is 0 Å². The number of rotatable bonds is 20. The van der Waals surface area contributed by atoms with E-state index in [0.717, 1.165) is 17.7 Å². The molecule has 0 aromatic heterocycles. The third-order valence-electron chi connectivity index (χ3n) is 5.13. The Morgan fingerprint density at radius 1 is 0.947 bits per heavy atom. The minimum atomic E-state index is -0.392. The second kappa shape index (κ2) is 23.9. The summed E-state index contributed by atoms with van der Waals surface area (Å²) in [4.78, 5) is 46.6. The number of carbonyl (C=O) groups is 4. The van der Waals surface area contributed by atoms with Crippen LogP contribution >= 0.6 is 0 Å². The smallest absolute Gasteiger partial charge is 0.253 e. The topological polar surface area (TPSA) is 146 Å². The van der Waals surface area contributed by atoms with Crippen molar-refractivity contribution in [2.75, 3.05) is 59.8 Å². The van der Waals surface area contributed by atoms with Gasteiger partial charge in [0.1, 0.15) is 5.78 Å². The van der Waals surface area contributed by atoms with Crippen LogP contribution in [0.15, 0.2) is 12.2 Å². The molecule has 1 aliphatic rings. The summed E-state index contributed by atoms with van der Waals surface area (Å²) in [7, 11) is 1.50. The lowest BCUT2D eigenvalue weighted by Crippen LogP contribution is -2.35. The number of carbonyl (C=O) groups excluding carboxylic acids is 4. The zero-order chi connectivity index (χ0) is 29.4. The molecule has 1 rings (SSSR count). The van der Waals surface area contributed by atoms with Gasteiger partial charge in [-0.25, -0.2) is 0 Å². The van der Waals surface area contributed by atoms with Crippen molar-refractivity contribution in [1.29, 1.82) is 0 Å². The first kappa shape index (κ1) is 38.0. The summed E-state index contributed by atoms with van der Waals surface area (Å²) in [5.41, 5.74) is 4.17. The van der Waals surface area contributed by atoms with Gasteiger partial charge >= 0.3 is 0 Å². The average molecular weight is 546 g/mol. The first-order chi connectivity index (χ1) is 18.1. The van der Waals surface area contributed by atoms with Crippen molar-refractivity contribution in [2.45, 2.75) is 78.9 Å². The zero-order valence-electron chi connectivity index (χ0n) is 24.5. The van der Waals surface area contributed by atoms with Gasteiger partial charge in [0.25, 0.3) is 11.8 Å². The highest BCUT2D eigenvalue weighted by molar-refractivity contribution is 6.13. The maximum absolute atomic E-state index is 11.8. The summed E-state index contributed by atoms with van der Waals surface area (Å²) in [5.74, 6) is -0.854. The van der Waals surface area contributed by atoms with Gasteiger partial charge in [-0.2, -0.15) is 0 Å². The highest BCUT2D eigenvalue weighted by Gasteiger charge is 2.23. The lowest BCUT2D eigenvalue weighted by molar-refractivity contribution is -0.137. The van der Waals surface area contributed by atoms with Crippen LogP contribution in [0.2, 0.25) is 0 Å². The summed E-state index contributed by atoms with van der Waals surface area (Å²) in [6, 6.07) is 0. The predicted octanol–water partition coefficient (Wildman–Crippen LogP) is 2.01. The SMILES string of the molecule is CC.CC(=O)CCC(C)OCCC(C)(C)OCCOCCOCCNC(=O)CCN1C(=O)C=CC1=O.CN. The predicted molar refractivity (Wildman–Crippen MR) is 147 cm³/mol. The molecule has 1 atom stereocenters. The third kappa shape index (κ3) is 20.8. The lowest BCUT2D eigenvalue weighted by Gasteiger charge is -2.26. The number of amides is 3. The Morgan fingerprint density at radius 3 is 2.08 bits per heavy atom. The van der Waals surface area contributed by atoms with E-state index in [-0.39, 0.29) is 36.4 Å². The average Bonchev–Trinajstić information content (AvgIpc) is 3.21. The van der Waals surface area contributed by atoms with Crippen LogP contribution in [0.25, 0.3) is 0 Å². The fourth-order valence-electron chi connectivity index (χ4n) is 2.98. The normalized spacial score (nSPS) is 13.4. The van der Waals surface area contributed by atoms with E-state index in [2.05, 4.69) is 11.1 Å². The summed E-state index contributed by atoms with van der Waals surface area (Å²) >= 11 is 0. The van der Waals surface area contributed by atoms with E-state index in [9.17, 15) is 19.2 Å². The molecular formula is C27H51N3O8. The van der Waals surface area contributed by atoms with Gasteiger partial charge in [-0.3, -0.25) is 19.3 Å². The molecule has 0 radical (unpaired) electrons. The van der Waals surface area contributed by atoms with Crippen molar-refractivity contribution in [3.05, 3.63) is 12.2 Å². The number of hydrogen-bond acceptors (Lipinski definition) is 9. The lowest BCUT2D eigenvalue weighted by atomic mass is 10.1. The van der Waals surface area contributed by atoms with Crippen LogP contribution in [0, 0.1) is 0 Å². The molecule has 0 fully saturated rings. The molecule has 0 saturated heterocycles. The fraction of sp³-hybridized carbons (Fsp3) is 0.778. The number of ether oxygens (including phenoxy) is 4. The molecule has 3 amide bonds. The van der Waals surface area contributed by atoms with Gasteiger partial charge in [-0.05, 0) is 47.6 Å². The maximum atomic E-state index is 11.8. The number of hydrogen-bond donors (Lipinski definition) is 2. The Bertz CT molecular complexity index is 680. The first-order valence-corrected chi connectivity index (χ1v) is 13.4. The fourth-order valence-corrected chi connectivity index (χ4v) is 2.98. The third-order valence-corrected chi connectivity index (χ3v) is 5.13. The van der Waals surface area contributed by atoms with Crippen molar-refractivity contribution in [2.24, 2.45) is 5.73 Å². The van der Waals surface area contributed by atoms with Crippen LogP contribution in [-0.4, -0.2) is 99.9 Å². The highest BCUT2D eigenvalue weighted by Crippen LogP contribution is 2.15. The van der Waals surface area contributed by atoms with Gasteiger partial charge in [0.15, 0.2) is 0 Å². The van der Waals surface area contributed by atoms with E-state index < -0.39 is 11.8 Å². The molecule has 0 aromatic rings. The monoisotopic (exact) mass is 545 g/mol. The summed E-state index contributed by atoms with van der Waals surface area (Å²) in [6.07, 6.45) is 4.53. The van der Waals surface area contributed by atoms with Gasteiger partial charge in [0, 0.05) is 44.7 Å². The quantitative estimate of drug-likeness (QED) is 0.173. The number of nitrogens with one attached hydrogen (secondary N) is 1. The zero-order valence-corrected chi connectivity index (χ0v) is 24.5. The molecule has 1 aliphatic heterocycles. The minimum Gasteiger partial charge on any atom is -0.378 e. The van der Waals surface area contributed by atoms with Crippen LogP contribution in [-0.2, 0) is 38.1 Å². The van der Waals surface area contributed by atoms with Crippen LogP contribution in [0.3, 0.4) is 0 Å². The number of imide groups is 1. The second-order valence-electron chi connectivity index (χ2n) is 8.77. The molecule has 0 saturated carbocycles. The van der Waals surface area contributed by atoms with Crippen LogP contribution in [0.5, 0.6) is 0 Å². The number of Topliss-reactive ketones (excluding diaryl/α,β-unsaturated/α-hetero) is 1.